The number of amides is 1. The van der Waals surface area contributed by atoms with Crippen molar-refractivity contribution < 1.29 is 4.79 Å². The van der Waals surface area contributed by atoms with Gasteiger partial charge >= 0.3 is 0 Å². The summed E-state index contributed by atoms with van der Waals surface area (Å²) in [5, 5.41) is 3.14. The Morgan fingerprint density at radius 2 is 1.64 bits per heavy atom. The first-order valence-corrected chi connectivity index (χ1v) is 5.79. The third-order valence-electron chi connectivity index (χ3n) is 3.05. The van der Waals surface area contributed by atoms with Gasteiger partial charge in [-0.15, -0.1) is 0 Å². The number of nitrogens with one attached hydrogen (secondary N) is 1. The average molecular weight is 197 g/mol. The fourth-order valence-electron chi connectivity index (χ4n) is 2.43. The summed E-state index contributed by atoms with van der Waals surface area (Å²) >= 11 is 0. The molecule has 2 heteroatoms. The summed E-state index contributed by atoms with van der Waals surface area (Å²) in [5.74, 6) is 1.84. The quantitative estimate of drug-likeness (QED) is 0.724. The summed E-state index contributed by atoms with van der Waals surface area (Å²) in [6.07, 6.45) is 3.62. The molecule has 0 aromatic carbocycles. The fourth-order valence-corrected chi connectivity index (χ4v) is 2.43. The molecule has 0 bridgehead atoms. The predicted octanol–water partition coefficient (Wildman–Crippen LogP) is 2.58. The lowest BCUT2D eigenvalue weighted by molar-refractivity contribution is -0.125. The van der Waals surface area contributed by atoms with Gasteiger partial charge in [0.25, 0.3) is 0 Å². The van der Waals surface area contributed by atoms with Gasteiger partial charge in [0.2, 0.25) is 5.91 Å². The molecule has 0 aromatic rings. The maximum atomic E-state index is 11.5. The molecule has 2 atom stereocenters. The summed E-state index contributed by atoms with van der Waals surface area (Å²) < 4.78 is 0. The van der Waals surface area contributed by atoms with Crippen molar-refractivity contribution in [2.24, 2.45) is 17.8 Å². The van der Waals surface area contributed by atoms with Crippen LogP contribution in [-0.4, -0.2) is 11.9 Å². The van der Waals surface area contributed by atoms with Crippen LogP contribution in [0.1, 0.15) is 47.0 Å². The highest BCUT2D eigenvalue weighted by atomic mass is 16.1. The van der Waals surface area contributed by atoms with Crippen LogP contribution in [0.5, 0.6) is 0 Å². The van der Waals surface area contributed by atoms with E-state index in [1.807, 2.05) is 13.8 Å². The maximum absolute atomic E-state index is 11.5. The monoisotopic (exact) mass is 197 g/mol. The van der Waals surface area contributed by atoms with Gasteiger partial charge in [-0.1, -0.05) is 27.7 Å². The first kappa shape index (κ1) is 11.5. The number of rotatable bonds is 2. The van der Waals surface area contributed by atoms with Gasteiger partial charge in [0, 0.05) is 12.0 Å². The van der Waals surface area contributed by atoms with E-state index in [9.17, 15) is 4.79 Å². The first-order chi connectivity index (χ1) is 6.49. The van der Waals surface area contributed by atoms with Crippen LogP contribution in [0.25, 0.3) is 0 Å². The second kappa shape index (κ2) is 4.81. The molecule has 1 N–H and O–H groups in total. The van der Waals surface area contributed by atoms with Crippen molar-refractivity contribution in [1.29, 1.82) is 0 Å². The Kier molecular flexibility index (Phi) is 3.97. The molecule has 1 rings (SSSR count). The van der Waals surface area contributed by atoms with Gasteiger partial charge in [-0.3, -0.25) is 4.79 Å². The topological polar surface area (TPSA) is 29.1 Å². The van der Waals surface area contributed by atoms with Gasteiger partial charge in [0.1, 0.15) is 0 Å². The van der Waals surface area contributed by atoms with Crippen LogP contribution in [0.4, 0.5) is 0 Å². The van der Waals surface area contributed by atoms with E-state index >= 15 is 0 Å². The molecule has 0 saturated heterocycles. The normalized spacial score (nSPS) is 33.1. The highest BCUT2D eigenvalue weighted by Crippen LogP contribution is 2.28. The lowest BCUT2D eigenvalue weighted by Crippen LogP contribution is -2.41. The zero-order chi connectivity index (χ0) is 10.7. The van der Waals surface area contributed by atoms with Crippen molar-refractivity contribution in [2.45, 2.75) is 53.0 Å². The fraction of sp³-hybridized carbons (Fsp3) is 0.917. The highest BCUT2D eigenvalue weighted by Gasteiger charge is 2.25. The van der Waals surface area contributed by atoms with Gasteiger partial charge in [-0.05, 0) is 31.1 Å². The van der Waals surface area contributed by atoms with E-state index in [4.69, 9.17) is 0 Å². The van der Waals surface area contributed by atoms with E-state index in [1.54, 1.807) is 0 Å². The van der Waals surface area contributed by atoms with Gasteiger partial charge in [0.05, 0.1) is 0 Å². The molecule has 0 aromatic heterocycles. The Morgan fingerprint density at radius 1 is 1.14 bits per heavy atom. The van der Waals surface area contributed by atoms with E-state index in [-0.39, 0.29) is 11.8 Å². The van der Waals surface area contributed by atoms with E-state index in [1.165, 1.54) is 6.42 Å². The molecule has 1 amide bonds. The molecule has 0 heterocycles. The standard InChI is InChI=1S/C12H23NO/c1-8(2)12(14)13-11-6-9(3)5-10(4)7-11/h8-11H,5-7H2,1-4H3,(H,13,14). The Morgan fingerprint density at radius 3 is 2.07 bits per heavy atom. The van der Waals surface area contributed by atoms with Gasteiger partial charge in [-0.25, -0.2) is 0 Å². The highest BCUT2D eigenvalue weighted by molar-refractivity contribution is 5.78. The van der Waals surface area contributed by atoms with E-state index in [0.717, 1.165) is 24.7 Å². The largest absolute Gasteiger partial charge is 0.353 e. The zero-order valence-corrected chi connectivity index (χ0v) is 9.84. The van der Waals surface area contributed by atoms with Crippen LogP contribution < -0.4 is 5.32 Å². The number of hydrogen-bond acceptors (Lipinski definition) is 1. The van der Waals surface area contributed by atoms with Crippen molar-refractivity contribution in [1.82, 2.24) is 5.32 Å². The zero-order valence-electron chi connectivity index (χ0n) is 9.84. The third kappa shape index (κ3) is 3.32. The molecule has 0 spiro atoms. The van der Waals surface area contributed by atoms with Crippen LogP contribution in [-0.2, 0) is 4.79 Å². The van der Waals surface area contributed by atoms with Gasteiger partial charge < -0.3 is 5.32 Å². The lowest BCUT2D eigenvalue weighted by Gasteiger charge is -2.32. The molecular weight excluding hydrogens is 174 g/mol. The average Bonchev–Trinajstić information content (AvgIpc) is 2.01. The molecular formula is C12H23NO. The Balaban J connectivity index is 2.40. The summed E-state index contributed by atoms with van der Waals surface area (Å²) in [6.45, 7) is 8.46. The van der Waals surface area contributed by atoms with E-state index < -0.39 is 0 Å². The van der Waals surface area contributed by atoms with Crippen molar-refractivity contribution in [3.63, 3.8) is 0 Å². The van der Waals surface area contributed by atoms with Crippen molar-refractivity contribution in [3.8, 4) is 0 Å². The molecule has 0 aliphatic heterocycles. The maximum Gasteiger partial charge on any atom is 0.222 e. The van der Waals surface area contributed by atoms with Crippen molar-refractivity contribution >= 4 is 5.91 Å². The molecule has 1 fully saturated rings. The van der Waals surface area contributed by atoms with Crippen LogP contribution in [0.3, 0.4) is 0 Å². The Hall–Kier alpha value is -0.530. The third-order valence-corrected chi connectivity index (χ3v) is 3.05. The molecule has 1 saturated carbocycles. The van der Waals surface area contributed by atoms with Gasteiger partial charge in [-0.2, -0.15) is 0 Å². The lowest BCUT2D eigenvalue weighted by atomic mass is 9.80. The second-order valence-electron chi connectivity index (χ2n) is 5.28. The number of hydrogen-bond donors (Lipinski definition) is 1. The minimum absolute atomic E-state index is 0.113. The second-order valence-corrected chi connectivity index (χ2v) is 5.28. The molecule has 2 unspecified atom stereocenters. The summed E-state index contributed by atoms with van der Waals surface area (Å²) in [7, 11) is 0. The minimum Gasteiger partial charge on any atom is -0.353 e. The molecule has 2 nitrogen and oxygen atoms in total. The Labute approximate surface area is 87.5 Å². The molecule has 0 radical (unpaired) electrons. The van der Waals surface area contributed by atoms with E-state index in [0.29, 0.717) is 6.04 Å². The minimum atomic E-state index is 0.113. The van der Waals surface area contributed by atoms with E-state index in [2.05, 4.69) is 19.2 Å². The summed E-state index contributed by atoms with van der Waals surface area (Å²) in [4.78, 5) is 11.5. The summed E-state index contributed by atoms with van der Waals surface area (Å²) in [5.41, 5.74) is 0. The van der Waals surface area contributed by atoms with Crippen molar-refractivity contribution in [2.75, 3.05) is 0 Å². The SMILES string of the molecule is CC1CC(C)CC(NC(=O)C(C)C)C1. The summed E-state index contributed by atoms with van der Waals surface area (Å²) in [6, 6.07) is 0.420. The number of carbonyl (C=O) groups is 1. The molecule has 14 heavy (non-hydrogen) atoms. The molecule has 1 aliphatic rings. The van der Waals surface area contributed by atoms with Crippen LogP contribution in [0.2, 0.25) is 0 Å². The molecule has 82 valence electrons. The molecule has 1 aliphatic carbocycles. The Bertz CT molecular complexity index is 190. The van der Waals surface area contributed by atoms with Crippen molar-refractivity contribution in [3.05, 3.63) is 0 Å². The van der Waals surface area contributed by atoms with Crippen LogP contribution in [0.15, 0.2) is 0 Å². The predicted molar refractivity (Wildman–Crippen MR) is 58.9 cm³/mol. The van der Waals surface area contributed by atoms with Crippen LogP contribution in [0, 0.1) is 17.8 Å². The number of carbonyl (C=O) groups excluding carboxylic acids is 1. The first-order valence-electron chi connectivity index (χ1n) is 5.79. The smallest absolute Gasteiger partial charge is 0.222 e. The van der Waals surface area contributed by atoms with Gasteiger partial charge in [0.15, 0.2) is 0 Å². The van der Waals surface area contributed by atoms with Crippen LogP contribution >= 0.6 is 0 Å².